The summed E-state index contributed by atoms with van der Waals surface area (Å²) in [6, 6.07) is 13.3. The Kier molecular flexibility index (Phi) is 5.33. The van der Waals surface area contributed by atoms with Crippen molar-refractivity contribution in [3.05, 3.63) is 60.1 Å². The normalized spacial score (nSPS) is 14.0. The van der Waals surface area contributed by atoms with Crippen LogP contribution in [0.25, 0.3) is 0 Å². The fourth-order valence-electron chi connectivity index (χ4n) is 3.40. The zero-order valence-corrected chi connectivity index (χ0v) is 16.5. The van der Waals surface area contributed by atoms with Crippen molar-refractivity contribution in [1.82, 2.24) is 15.0 Å². The smallest absolute Gasteiger partial charge is 0.272 e. The van der Waals surface area contributed by atoms with Crippen molar-refractivity contribution >= 4 is 23.1 Å². The minimum atomic E-state index is -0.0790. The molecule has 0 atom stereocenters. The SMILES string of the molecule is COc1ccccc1N1CCN(C(=O)c2cc(Nc3cc(C)on3)ccn2)CC1. The van der Waals surface area contributed by atoms with Gasteiger partial charge in [0.25, 0.3) is 5.91 Å². The monoisotopic (exact) mass is 393 g/mol. The summed E-state index contributed by atoms with van der Waals surface area (Å²) in [5, 5.41) is 7.04. The molecule has 150 valence electrons. The van der Waals surface area contributed by atoms with Crippen LogP contribution in [0.5, 0.6) is 5.75 Å². The lowest BCUT2D eigenvalue weighted by Gasteiger charge is -2.36. The summed E-state index contributed by atoms with van der Waals surface area (Å²) in [4.78, 5) is 21.3. The number of hydrogen-bond acceptors (Lipinski definition) is 7. The first-order valence-corrected chi connectivity index (χ1v) is 9.47. The molecule has 1 aromatic carbocycles. The first-order valence-electron chi connectivity index (χ1n) is 9.47. The molecule has 3 heterocycles. The number of aromatic nitrogens is 2. The lowest BCUT2D eigenvalue weighted by molar-refractivity contribution is 0.0741. The average molecular weight is 393 g/mol. The molecule has 1 fully saturated rings. The highest BCUT2D eigenvalue weighted by atomic mass is 16.5. The number of methoxy groups -OCH3 is 1. The summed E-state index contributed by atoms with van der Waals surface area (Å²) < 4.78 is 10.5. The van der Waals surface area contributed by atoms with Gasteiger partial charge in [-0.1, -0.05) is 17.3 Å². The maximum atomic E-state index is 12.9. The second-order valence-corrected chi connectivity index (χ2v) is 6.83. The molecule has 2 aromatic heterocycles. The number of para-hydroxylation sites is 2. The van der Waals surface area contributed by atoms with Crippen LogP contribution in [0.4, 0.5) is 17.2 Å². The number of ether oxygens (including phenoxy) is 1. The largest absolute Gasteiger partial charge is 0.495 e. The molecule has 0 radical (unpaired) electrons. The number of hydrogen-bond donors (Lipinski definition) is 1. The number of pyridine rings is 1. The van der Waals surface area contributed by atoms with Crippen LogP contribution in [0.1, 0.15) is 16.2 Å². The summed E-state index contributed by atoms with van der Waals surface area (Å²) in [7, 11) is 1.67. The van der Waals surface area contributed by atoms with Crippen LogP contribution < -0.4 is 15.0 Å². The molecule has 0 spiro atoms. The number of carbonyl (C=O) groups is 1. The van der Waals surface area contributed by atoms with E-state index in [1.54, 1.807) is 31.5 Å². The van der Waals surface area contributed by atoms with Crippen molar-refractivity contribution < 1.29 is 14.1 Å². The van der Waals surface area contributed by atoms with Crippen molar-refractivity contribution in [1.29, 1.82) is 0 Å². The lowest BCUT2D eigenvalue weighted by atomic mass is 10.2. The zero-order chi connectivity index (χ0) is 20.2. The highest BCUT2D eigenvalue weighted by Gasteiger charge is 2.24. The predicted molar refractivity (Wildman–Crippen MR) is 110 cm³/mol. The number of nitrogens with one attached hydrogen (secondary N) is 1. The van der Waals surface area contributed by atoms with Crippen LogP contribution in [-0.4, -0.2) is 54.2 Å². The van der Waals surface area contributed by atoms with E-state index in [1.807, 2.05) is 36.1 Å². The molecule has 29 heavy (non-hydrogen) atoms. The predicted octanol–water partition coefficient (Wildman–Crippen LogP) is 3.09. The number of amides is 1. The van der Waals surface area contributed by atoms with E-state index in [1.165, 1.54) is 0 Å². The standard InChI is InChI=1S/C21H23N5O3/c1-15-13-20(24-29-15)23-16-7-8-22-17(14-16)21(27)26-11-9-25(10-12-26)18-5-3-4-6-19(18)28-2/h3-8,13-14H,9-12H2,1-2H3,(H,22,23,24). The maximum Gasteiger partial charge on any atom is 0.272 e. The van der Waals surface area contributed by atoms with Crippen LogP contribution in [0.2, 0.25) is 0 Å². The molecule has 1 saturated heterocycles. The van der Waals surface area contributed by atoms with Crippen molar-refractivity contribution in [2.24, 2.45) is 0 Å². The van der Waals surface area contributed by atoms with Gasteiger partial charge in [0.2, 0.25) is 0 Å². The number of benzene rings is 1. The molecular formula is C21H23N5O3. The van der Waals surface area contributed by atoms with Crippen molar-refractivity contribution in [2.45, 2.75) is 6.92 Å². The fourth-order valence-corrected chi connectivity index (χ4v) is 3.40. The molecule has 4 rings (SSSR count). The number of rotatable bonds is 5. The van der Waals surface area contributed by atoms with Gasteiger partial charge in [-0.2, -0.15) is 0 Å². The first-order chi connectivity index (χ1) is 14.1. The summed E-state index contributed by atoms with van der Waals surface area (Å²) in [6.45, 7) is 4.55. The minimum absolute atomic E-state index is 0.0790. The molecule has 8 nitrogen and oxygen atoms in total. The lowest BCUT2D eigenvalue weighted by Crippen LogP contribution is -2.49. The van der Waals surface area contributed by atoms with Gasteiger partial charge >= 0.3 is 0 Å². The summed E-state index contributed by atoms with van der Waals surface area (Å²) in [6.07, 6.45) is 1.62. The van der Waals surface area contributed by atoms with Crippen LogP contribution in [0.3, 0.4) is 0 Å². The van der Waals surface area contributed by atoms with E-state index in [2.05, 4.69) is 20.4 Å². The summed E-state index contributed by atoms with van der Waals surface area (Å²) in [5.74, 6) is 2.07. The Morgan fingerprint density at radius 2 is 1.93 bits per heavy atom. The molecule has 8 heteroatoms. The van der Waals surface area contributed by atoms with Crippen molar-refractivity contribution in [3.8, 4) is 5.75 Å². The molecule has 1 aliphatic rings. The number of nitrogens with zero attached hydrogens (tertiary/aromatic N) is 4. The van der Waals surface area contributed by atoms with Crippen molar-refractivity contribution in [3.63, 3.8) is 0 Å². The van der Waals surface area contributed by atoms with Gasteiger partial charge in [-0.15, -0.1) is 0 Å². The molecule has 3 aromatic rings. The molecule has 0 unspecified atom stereocenters. The van der Waals surface area contributed by atoms with Gasteiger partial charge in [0.1, 0.15) is 17.2 Å². The van der Waals surface area contributed by atoms with Gasteiger partial charge in [-0.25, -0.2) is 0 Å². The zero-order valence-electron chi connectivity index (χ0n) is 16.5. The van der Waals surface area contributed by atoms with Crippen LogP contribution in [-0.2, 0) is 0 Å². The van der Waals surface area contributed by atoms with E-state index in [0.29, 0.717) is 30.4 Å². The Labute approximate surface area is 169 Å². The van der Waals surface area contributed by atoms with Gasteiger partial charge in [0, 0.05) is 44.1 Å². The van der Waals surface area contributed by atoms with Crippen molar-refractivity contribution in [2.75, 3.05) is 43.5 Å². The topological polar surface area (TPSA) is 83.7 Å². The highest BCUT2D eigenvalue weighted by Crippen LogP contribution is 2.28. The number of carbonyl (C=O) groups excluding carboxylic acids is 1. The minimum Gasteiger partial charge on any atom is -0.495 e. The van der Waals surface area contributed by atoms with Crippen LogP contribution in [0, 0.1) is 6.92 Å². The van der Waals surface area contributed by atoms with Gasteiger partial charge in [-0.3, -0.25) is 9.78 Å². The Balaban J connectivity index is 1.41. The Bertz CT molecular complexity index is 995. The van der Waals surface area contributed by atoms with Gasteiger partial charge in [0.05, 0.1) is 12.8 Å². The number of aryl methyl sites for hydroxylation is 1. The van der Waals surface area contributed by atoms with Gasteiger partial charge in [-0.05, 0) is 31.2 Å². The summed E-state index contributed by atoms with van der Waals surface area (Å²) >= 11 is 0. The second-order valence-electron chi connectivity index (χ2n) is 6.83. The molecule has 1 amide bonds. The first kappa shape index (κ1) is 18.8. The second kappa shape index (κ2) is 8.22. The van der Waals surface area contributed by atoms with Crippen LogP contribution in [0.15, 0.2) is 53.2 Å². The third-order valence-electron chi connectivity index (χ3n) is 4.87. The summed E-state index contributed by atoms with van der Waals surface area (Å²) in [5.41, 5.74) is 2.19. The molecule has 0 aliphatic carbocycles. The Morgan fingerprint density at radius 1 is 1.14 bits per heavy atom. The molecule has 1 N–H and O–H groups in total. The van der Waals surface area contributed by atoms with E-state index < -0.39 is 0 Å². The van der Waals surface area contributed by atoms with Crippen LogP contribution >= 0.6 is 0 Å². The maximum absolute atomic E-state index is 12.9. The molecule has 1 aliphatic heterocycles. The fraction of sp³-hybridized carbons (Fsp3) is 0.286. The van der Waals surface area contributed by atoms with E-state index >= 15 is 0 Å². The van der Waals surface area contributed by atoms with Gasteiger partial charge in [0.15, 0.2) is 5.82 Å². The molecule has 0 bridgehead atoms. The number of anilines is 3. The van der Waals surface area contributed by atoms with E-state index in [0.717, 1.165) is 30.2 Å². The van der Waals surface area contributed by atoms with Gasteiger partial charge < -0.3 is 24.4 Å². The number of piperazine rings is 1. The average Bonchev–Trinajstić information content (AvgIpc) is 3.18. The Hall–Kier alpha value is -3.55. The Morgan fingerprint density at radius 3 is 2.66 bits per heavy atom. The molecular weight excluding hydrogens is 370 g/mol. The van der Waals surface area contributed by atoms with E-state index in [9.17, 15) is 4.79 Å². The molecule has 0 saturated carbocycles. The third kappa shape index (κ3) is 4.16. The third-order valence-corrected chi connectivity index (χ3v) is 4.87. The quantitative estimate of drug-likeness (QED) is 0.713. The van der Waals surface area contributed by atoms with E-state index in [-0.39, 0.29) is 5.91 Å². The highest BCUT2D eigenvalue weighted by molar-refractivity contribution is 5.93. The van der Waals surface area contributed by atoms with E-state index in [4.69, 9.17) is 9.26 Å².